The summed E-state index contributed by atoms with van der Waals surface area (Å²) in [6.07, 6.45) is 0. The van der Waals surface area contributed by atoms with Crippen molar-refractivity contribution >= 4 is 11.4 Å². The molecule has 0 atom stereocenters. The summed E-state index contributed by atoms with van der Waals surface area (Å²) in [6, 6.07) is 4.51. The number of halogens is 1. The van der Waals surface area contributed by atoms with Crippen molar-refractivity contribution in [3.63, 3.8) is 0 Å². The highest BCUT2D eigenvalue weighted by molar-refractivity contribution is 5.68. The molecule has 0 aliphatic carbocycles. The molecule has 0 spiro atoms. The summed E-state index contributed by atoms with van der Waals surface area (Å²) < 4.78 is 12.9. The summed E-state index contributed by atoms with van der Waals surface area (Å²) >= 11 is 0. The van der Waals surface area contributed by atoms with Gasteiger partial charge in [-0.15, -0.1) is 0 Å². The average Bonchev–Trinajstić information content (AvgIpc) is 2.04. The zero-order valence-corrected chi connectivity index (χ0v) is 7.63. The molecular weight excluding hydrogens is 167 g/mol. The fourth-order valence-corrected chi connectivity index (χ4v) is 1.69. The van der Waals surface area contributed by atoms with Crippen LogP contribution in [0.2, 0.25) is 0 Å². The number of hydrogen-bond acceptors (Lipinski definition) is 2. The number of nitrogen functional groups attached to an aromatic ring is 1. The van der Waals surface area contributed by atoms with E-state index >= 15 is 0 Å². The van der Waals surface area contributed by atoms with E-state index in [1.165, 1.54) is 12.1 Å². The number of anilines is 2. The van der Waals surface area contributed by atoms with Crippen molar-refractivity contribution in [3.05, 3.63) is 24.0 Å². The SMILES string of the molecule is CC1CN(c2cc(F)ccc2N)C1. The minimum atomic E-state index is -0.219. The van der Waals surface area contributed by atoms with Crippen LogP contribution in [-0.4, -0.2) is 13.1 Å². The first-order valence-corrected chi connectivity index (χ1v) is 4.47. The van der Waals surface area contributed by atoms with E-state index < -0.39 is 0 Å². The lowest BCUT2D eigenvalue weighted by Gasteiger charge is -2.39. The first-order chi connectivity index (χ1) is 6.16. The van der Waals surface area contributed by atoms with Crippen molar-refractivity contribution in [1.29, 1.82) is 0 Å². The minimum absolute atomic E-state index is 0.219. The summed E-state index contributed by atoms with van der Waals surface area (Å²) in [7, 11) is 0. The topological polar surface area (TPSA) is 29.3 Å². The second-order valence-electron chi connectivity index (χ2n) is 3.71. The van der Waals surface area contributed by atoms with Gasteiger partial charge < -0.3 is 10.6 Å². The number of rotatable bonds is 1. The molecule has 1 aromatic carbocycles. The van der Waals surface area contributed by atoms with Crippen LogP contribution in [0.1, 0.15) is 6.92 Å². The highest BCUT2D eigenvalue weighted by atomic mass is 19.1. The molecule has 1 saturated heterocycles. The molecule has 1 fully saturated rings. The highest BCUT2D eigenvalue weighted by Gasteiger charge is 2.24. The third kappa shape index (κ3) is 1.46. The van der Waals surface area contributed by atoms with E-state index in [1.54, 1.807) is 6.07 Å². The summed E-state index contributed by atoms with van der Waals surface area (Å²) in [6.45, 7) is 4.13. The summed E-state index contributed by atoms with van der Waals surface area (Å²) in [5.74, 6) is 0.478. The summed E-state index contributed by atoms with van der Waals surface area (Å²) in [5, 5.41) is 0. The van der Waals surface area contributed by atoms with Gasteiger partial charge in [-0.2, -0.15) is 0 Å². The van der Waals surface area contributed by atoms with Crippen LogP contribution in [0.15, 0.2) is 18.2 Å². The first-order valence-electron chi connectivity index (χ1n) is 4.47. The maximum absolute atomic E-state index is 12.9. The van der Waals surface area contributed by atoms with Crippen LogP contribution in [0.25, 0.3) is 0 Å². The first kappa shape index (κ1) is 8.35. The summed E-state index contributed by atoms with van der Waals surface area (Å²) in [4.78, 5) is 2.10. The highest BCUT2D eigenvalue weighted by Crippen LogP contribution is 2.29. The Balaban J connectivity index is 2.24. The number of benzene rings is 1. The van der Waals surface area contributed by atoms with E-state index in [1.807, 2.05) is 0 Å². The zero-order valence-electron chi connectivity index (χ0n) is 7.63. The standard InChI is InChI=1S/C10H13FN2/c1-7-5-13(6-7)10-4-8(11)2-3-9(10)12/h2-4,7H,5-6,12H2,1H3. The largest absolute Gasteiger partial charge is 0.397 e. The van der Waals surface area contributed by atoms with Crippen molar-refractivity contribution in [2.24, 2.45) is 5.92 Å². The molecule has 0 radical (unpaired) electrons. The molecule has 0 bridgehead atoms. The number of hydrogen-bond donors (Lipinski definition) is 1. The van der Waals surface area contributed by atoms with Gasteiger partial charge in [-0.25, -0.2) is 4.39 Å². The Morgan fingerprint density at radius 2 is 2.15 bits per heavy atom. The molecule has 13 heavy (non-hydrogen) atoms. The van der Waals surface area contributed by atoms with Crippen LogP contribution < -0.4 is 10.6 Å². The van der Waals surface area contributed by atoms with Crippen LogP contribution in [-0.2, 0) is 0 Å². The Bertz CT molecular complexity index is 319. The molecular formula is C10H13FN2. The molecule has 1 aliphatic rings. The zero-order chi connectivity index (χ0) is 9.42. The second kappa shape index (κ2) is 2.91. The maximum Gasteiger partial charge on any atom is 0.125 e. The molecule has 2 rings (SSSR count). The van der Waals surface area contributed by atoms with E-state index in [-0.39, 0.29) is 5.82 Å². The van der Waals surface area contributed by atoms with E-state index in [9.17, 15) is 4.39 Å². The average molecular weight is 180 g/mol. The maximum atomic E-state index is 12.9. The van der Waals surface area contributed by atoms with Gasteiger partial charge in [0.2, 0.25) is 0 Å². The van der Waals surface area contributed by atoms with Gasteiger partial charge in [-0.3, -0.25) is 0 Å². The van der Waals surface area contributed by atoms with Gasteiger partial charge in [0.15, 0.2) is 0 Å². The van der Waals surface area contributed by atoms with Crippen molar-refractivity contribution < 1.29 is 4.39 Å². The van der Waals surface area contributed by atoms with Gasteiger partial charge in [0.05, 0.1) is 11.4 Å². The van der Waals surface area contributed by atoms with Crippen LogP contribution >= 0.6 is 0 Å². The quantitative estimate of drug-likeness (QED) is 0.668. The molecule has 1 heterocycles. The van der Waals surface area contributed by atoms with E-state index in [2.05, 4.69) is 11.8 Å². The lowest BCUT2D eigenvalue weighted by molar-refractivity contribution is 0.447. The van der Waals surface area contributed by atoms with Crippen molar-refractivity contribution in [1.82, 2.24) is 0 Å². The van der Waals surface area contributed by atoms with Crippen LogP contribution in [0.3, 0.4) is 0 Å². The smallest absolute Gasteiger partial charge is 0.125 e. The molecule has 0 saturated carbocycles. The molecule has 1 aromatic rings. The second-order valence-corrected chi connectivity index (χ2v) is 3.71. The van der Waals surface area contributed by atoms with Gasteiger partial charge in [-0.05, 0) is 24.1 Å². The Hall–Kier alpha value is -1.25. The monoisotopic (exact) mass is 180 g/mol. The van der Waals surface area contributed by atoms with Gasteiger partial charge in [0.25, 0.3) is 0 Å². The fraction of sp³-hybridized carbons (Fsp3) is 0.400. The number of nitrogens with zero attached hydrogens (tertiary/aromatic N) is 1. The Morgan fingerprint density at radius 1 is 1.46 bits per heavy atom. The Kier molecular flexibility index (Phi) is 1.87. The third-order valence-electron chi connectivity index (χ3n) is 2.40. The lowest BCUT2D eigenvalue weighted by atomic mass is 10.0. The van der Waals surface area contributed by atoms with Gasteiger partial charge >= 0.3 is 0 Å². The third-order valence-corrected chi connectivity index (χ3v) is 2.40. The van der Waals surface area contributed by atoms with Crippen molar-refractivity contribution in [2.45, 2.75) is 6.92 Å². The molecule has 1 aliphatic heterocycles. The van der Waals surface area contributed by atoms with Gasteiger partial charge in [-0.1, -0.05) is 6.92 Å². The van der Waals surface area contributed by atoms with Crippen LogP contribution in [0, 0.1) is 11.7 Å². The molecule has 0 unspecified atom stereocenters. The lowest BCUT2D eigenvalue weighted by Crippen LogP contribution is -2.45. The molecule has 0 aromatic heterocycles. The van der Waals surface area contributed by atoms with Crippen molar-refractivity contribution in [2.75, 3.05) is 23.7 Å². The van der Waals surface area contributed by atoms with Gasteiger partial charge in [0, 0.05) is 13.1 Å². The predicted octanol–water partition coefficient (Wildman–Crippen LogP) is 1.86. The van der Waals surface area contributed by atoms with Crippen LogP contribution in [0.5, 0.6) is 0 Å². The van der Waals surface area contributed by atoms with E-state index in [4.69, 9.17) is 5.73 Å². The fourth-order valence-electron chi connectivity index (χ4n) is 1.69. The van der Waals surface area contributed by atoms with E-state index in [0.717, 1.165) is 18.8 Å². The Labute approximate surface area is 77.2 Å². The number of nitrogens with two attached hydrogens (primary N) is 1. The van der Waals surface area contributed by atoms with Gasteiger partial charge in [0.1, 0.15) is 5.82 Å². The minimum Gasteiger partial charge on any atom is -0.397 e. The Morgan fingerprint density at radius 3 is 2.77 bits per heavy atom. The molecule has 0 amide bonds. The van der Waals surface area contributed by atoms with Crippen LogP contribution in [0.4, 0.5) is 15.8 Å². The molecule has 3 heteroatoms. The van der Waals surface area contributed by atoms with E-state index in [0.29, 0.717) is 11.6 Å². The molecule has 70 valence electrons. The normalized spacial score (nSPS) is 17.2. The molecule has 2 nitrogen and oxygen atoms in total. The summed E-state index contributed by atoms with van der Waals surface area (Å²) in [5.41, 5.74) is 7.23. The molecule has 2 N–H and O–H groups in total. The van der Waals surface area contributed by atoms with Crippen molar-refractivity contribution in [3.8, 4) is 0 Å². The predicted molar refractivity (Wildman–Crippen MR) is 52.2 cm³/mol.